The van der Waals surface area contributed by atoms with Crippen molar-refractivity contribution in [3.8, 4) is 5.69 Å². The van der Waals surface area contributed by atoms with Gasteiger partial charge in [-0.15, -0.1) is 34.2 Å². The fourth-order valence-electron chi connectivity index (χ4n) is 3.24. The molecule has 1 heterocycles. The van der Waals surface area contributed by atoms with E-state index in [0.717, 1.165) is 23.9 Å². The molecule has 1 atom stereocenters. The van der Waals surface area contributed by atoms with Crippen molar-refractivity contribution < 1.29 is 0 Å². The molecule has 3 rings (SSSR count). The smallest absolute Gasteiger partial charge is 0.191 e. The Morgan fingerprint density at radius 3 is 2.37 bits per heavy atom. The molecule has 0 bridgehead atoms. The van der Waals surface area contributed by atoms with Crippen LogP contribution in [0.15, 0.2) is 65.9 Å². The molecule has 0 aliphatic carbocycles. The second kappa shape index (κ2) is 11.7. The summed E-state index contributed by atoms with van der Waals surface area (Å²) in [5.41, 5.74) is 3.64. The van der Waals surface area contributed by atoms with Gasteiger partial charge in [0.25, 0.3) is 0 Å². The fourth-order valence-corrected chi connectivity index (χ4v) is 3.24. The molecular weight excluding hydrogens is 487 g/mol. The Kier molecular flexibility index (Phi) is 9.29. The molecule has 0 amide bonds. The molecule has 7 heteroatoms. The van der Waals surface area contributed by atoms with E-state index in [1.807, 2.05) is 34.9 Å². The van der Waals surface area contributed by atoms with Gasteiger partial charge in [-0.3, -0.25) is 9.56 Å². The van der Waals surface area contributed by atoms with Crippen LogP contribution in [-0.4, -0.2) is 27.8 Å². The average Bonchev–Trinajstić information content (AvgIpc) is 3.20. The van der Waals surface area contributed by atoms with Crippen LogP contribution < -0.4 is 10.6 Å². The molecule has 0 saturated heterocycles. The Bertz CT molecular complexity index is 918. The highest BCUT2D eigenvalue weighted by Crippen LogP contribution is 2.15. The quantitative estimate of drug-likeness (QED) is 0.275. The number of benzene rings is 2. The van der Waals surface area contributed by atoms with Gasteiger partial charge in [0.1, 0.15) is 6.33 Å². The molecule has 3 aromatic rings. The fraction of sp³-hybridized carbons (Fsp3) is 0.348. The molecule has 0 spiro atoms. The van der Waals surface area contributed by atoms with Crippen LogP contribution in [0.4, 0.5) is 0 Å². The lowest BCUT2D eigenvalue weighted by Crippen LogP contribution is -2.38. The minimum absolute atomic E-state index is 0. The summed E-state index contributed by atoms with van der Waals surface area (Å²) < 4.78 is 1.97. The molecule has 0 aliphatic heterocycles. The molecule has 0 saturated carbocycles. The Morgan fingerprint density at radius 1 is 1.03 bits per heavy atom. The Morgan fingerprint density at radius 2 is 1.73 bits per heavy atom. The number of nitrogens with zero attached hydrogens (tertiary/aromatic N) is 4. The third-order valence-electron chi connectivity index (χ3n) is 4.77. The van der Waals surface area contributed by atoms with Crippen LogP contribution in [0.2, 0.25) is 0 Å². The van der Waals surface area contributed by atoms with Gasteiger partial charge in [0.05, 0.1) is 12.6 Å². The second-order valence-corrected chi connectivity index (χ2v) is 7.58. The van der Waals surface area contributed by atoms with Gasteiger partial charge in [-0.2, -0.15) is 0 Å². The van der Waals surface area contributed by atoms with E-state index >= 15 is 0 Å². The van der Waals surface area contributed by atoms with Crippen LogP contribution >= 0.6 is 24.0 Å². The molecule has 0 radical (unpaired) electrons. The summed E-state index contributed by atoms with van der Waals surface area (Å²) in [4.78, 5) is 4.35. The number of hydrogen-bond donors (Lipinski definition) is 2. The maximum Gasteiger partial charge on any atom is 0.191 e. The predicted octanol–water partition coefficient (Wildman–Crippen LogP) is 4.51. The highest BCUT2D eigenvalue weighted by atomic mass is 127. The van der Waals surface area contributed by atoms with Gasteiger partial charge < -0.3 is 10.6 Å². The Hall–Kier alpha value is -2.42. The maximum absolute atomic E-state index is 4.35. The molecular formula is C23H31IN6. The third kappa shape index (κ3) is 6.55. The molecule has 6 nitrogen and oxygen atoms in total. The summed E-state index contributed by atoms with van der Waals surface area (Å²) in [6.45, 7) is 7.14. The number of aliphatic imine (C=N–C) groups is 1. The van der Waals surface area contributed by atoms with Crippen molar-refractivity contribution in [1.82, 2.24) is 25.4 Å². The summed E-state index contributed by atoms with van der Waals surface area (Å²) >= 11 is 0. The van der Waals surface area contributed by atoms with Gasteiger partial charge in [0.2, 0.25) is 0 Å². The van der Waals surface area contributed by atoms with Crippen LogP contribution in [0.1, 0.15) is 43.8 Å². The van der Waals surface area contributed by atoms with E-state index < -0.39 is 0 Å². The molecule has 30 heavy (non-hydrogen) atoms. The van der Waals surface area contributed by atoms with Crippen molar-refractivity contribution in [2.45, 2.75) is 39.8 Å². The van der Waals surface area contributed by atoms with E-state index in [2.05, 4.69) is 70.9 Å². The largest absolute Gasteiger partial charge is 0.350 e. The molecule has 1 unspecified atom stereocenters. The molecule has 0 fully saturated rings. The van der Waals surface area contributed by atoms with E-state index in [1.165, 1.54) is 11.1 Å². The van der Waals surface area contributed by atoms with Crippen molar-refractivity contribution in [2.75, 3.05) is 7.05 Å². The second-order valence-electron chi connectivity index (χ2n) is 7.58. The van der Waals surface area contributed by atoms with Gasteiger partial charge >= 0.3 is 0 Å². The zero-order valence-corrected chi connectivity index (χ0v) is 20.4. The number of nitrogens with one attached hydrogen (secondary N) is 2. The minimum Gasteiger partial charge on any atom is -0.350 e. The SMILES string of the molecule is CN=C(NCc1nncn1-c1ccccc1)NC(C)c1ccc(CC(C)C)cc1.I. The van der Waals surface area contributed by atoms with Crippen LogP contribution in [-0.2, 0) is 13.0 Å². The van der Waals surface area contributed by atoms with Crippen molar-refractivity contribution in [2.24, 2.45) is 10.9 Å². The summed E-state index contributed by atoms with van der Waals surface area (Å²) in [5.74, 6) is 2.22. The number of para-hydroxylation sites is 1. The van der Waals surface area contributed by atoms with Crippen LogP contribution in [0, 0.1) is 5.92 Å². The number of guanidine groups is 1. The van der Waals surface area contributed by atoms with Gasteiger partial charge in [-0.05, 0) is 42.5 Å². The Labute approximate surface area is 196 Å². The number of rotatable bonds is 7. The molecule has 2 aromatic carbocycles. The summed E-state index contributed by atoms with van der Waals surface area (Å²) in [6, 6.07) is 19.0. The monoisotopic (exact) mass is 518 g/mol. The zero-order valence-electron chi connectivity index (χ0n) is 18.0. The topological polar surface area (TPSA) is 67.1 Å². The van der Waals surface area contributed by atoms with E-state index in [4.69, 9.17) is 0 Å². The maximum atomic E-state index is 4.35. The first-order chi connectivity index (χ1) is 14.1. The van der Waals surface area contributed by atoms with Gasteiger partial charge in [0.15, 0.2) is 11.8 Å². The lowest BCUT2D eigenvalue weighted by Gasteiger charge is -2.19. The lowest BCUT2D eigenvalue weighted by atomic mass is 10.00. The first-order valence-corrected chi connectivity index (χ1v) is 10.1. The van der Waals surface area contributed by atoms with Gasteiger partial charge in [-0.1, -0.05) is 56.3 Å². The Balaban J connectivity index is 0.00000320. The molecule has 160 valence electrons. The predicted molar refractivity (Wildman–Crippen MR) is 134 cm³/mol. The van der Waals surface area contributed by atoms with Crippen molar-refractivity contribution in [3.05, 3.63) is 77.9 Å². The summed E-state index contributed by atoms with van der Waals surface area (Å²) in [6.07, 6.45) is 2.83. The van der Waals surface area contributed by atoms with Gasteiger partial charge in [0, 0.05) is 12.7 Å². The van der Waals surface area contributed by atoms with Gasteiger partial charge in [-0.25, -0.2) is 0 Å². The molecule has 2 N–H and O–H groups in total. The summed E-state index contributed by atoms with van der Waals surface area (Å²) in [5, 5.41) is 15.1. The number of aromatic nitrogens is 3. The van der Waals surface area contributed by atoms with Crippen molar-refractivity contribution in [1.29, 1.82) is 0 Å². The minimum atomic E-state index is 0. The third-order valence-corrected chi connectivity index (χ3v) is 4.77. The highest BCUT2D eigenvalue weighted by Gasteiger charge is 2.11. The molecule has 0 aliphatic rings. The number of hydrogen-bond acceptors (Lipinski definition) is 3. The molecule has 1 aromatic heterocycles. The van der Waals surface area contributed by atoms with E-state index in [9.17, 15) is 0 Å². The number of halogens is 1. The summed E-state index contributed by atoms with van der Waals surface area (Å²) in [7, 11) is 1.77. The van der Waals surface area contributed by atoms with E-state index in [-0.39, 0.29) is 30.0 Å². The normalized spacial score (nSPS) is 12.4. The van der Waals surface area contributed by atoms with E-state index in [0.29, 0.717) is 12.5 Å². The van der Waals surface area contributed by atoms with Crippen LogP contribution in [0.25, 0.3) is 5.69 Å². The van der Waals surface area contributed by atoms with Crippen LogP contribution in [0.3, 0.4) is 0 Å². The van der Waals surface area contributed by atoms with Crippen molar-refractivity contribution >= 4 is 29.9 Å². The van der Waals surface area contributed by atoms with Crippen molar-refractivity contribution in [3.63, 3.8) is 0 Å². The van der Waals surface area contributed by atoms with Crippen LogP contribution in [0.5, 0.6) is 0 Å². The highest BCUT2D eigenvalue weighted by molar-refractivity contribution is 14.0. The first kappa shape index (κ1) is 23.9. The lowest BCUT2D eigenvalue weighted by molar-refractivity contribution is 0.645. The zero-order chi connectivity index (χ0) is 20.6. The average molecular weight is 518 g/mol. The standard InChI is InChI=1S/C23H30N6.HI/c1-17(2)14-19-10-12-20(13-11-19)18(3)27-23(24-4)25-15-22-28-26-16-29(22)21-8-6-5-7-9-21;/h5-13,16-18H,14-15H2,1-4H3,(H2,24,25,27);1H. The van der Waals surface area contributed by atoms with E-state index in [1.54, 1.807) is 13.4 Å². The first-order valence-electron chi connectivity index (χ1n) is 10.1.